The van der Waals surface area contributed by atoms with Gasteiger partial charge >= 0.3 is 0 Å². The van der Waals surface area contributed by atoms with Crippen molar-refractivity contribution < 1.29 is 9.53 Å². The molecule has 0 aliphatic carbocycles. The standard InChI is InChI=1S/C12H26N2O2/c1-11(7-8-13)5-6-12(15)14(2)9-4-10-16-3/h11H,4-10,13H2,1-3H3. The van der Waals surface area contributed by atoms with E-state index in [9.17, 15) is 4.79 Å². The molecule has 0 fully saturated rings. The van der Waals surface area contributed by atoms with E-state index in [0.717, 1.165) is 25.8 Å². The second kappa shape index (κ2) is 9.60. The molecule has 0 rings (SSSR count). The average molecular weight is 230 g/mol. The number of ether oxygens (including phenoxy) is 1. The number of nitrogens with zero attached hydrogens (tertiary/aromatic N) is 1. The minimum Gasteiger partial charge on any atom is -0.385 e. The van der Waals surface area contributed by atoms with Crippen molar-refractivity contribution >= 4 is 5.91 Å². The summed E-state index contributed by atoms with van der Waals surface area (Å²) in [7, 11) is 3.53. The lowest BCUT2D eigenvalue weighted by atomic mass is 10.0. The number of rotatable bonds is 9. The Bertz CT molecular complexity index is 186. The highest BCUT2D eigenvalue weighted by atomic mass is 16.5. The summed E-state index contributed by atoms with van der Waals surface area (Å²) in [6, 6.07) is 0. The van der Waals surface area contributed by atoms with E-state index in [1.54, 1.807) is 12.0 Å². The lowest BCUT2D eigenvalue weighted by Crippen LogP contribution is -2.28. The highest BCUT2D eigenvalue weighted by molar-refractivity contribution is 5.75. The molecule has 0 aromatic rings. The zero-order chi connectivity index (χ0) is 12.4. The van der Waals surface area contributed by atoms with Gasteiger partial charge in [-0.3, -0.25) is 4.79 Å². The van der Waals surface area contributed by atoms with Crippen LogP contribution in [-0.2, 0) is 9.53 Å². The smallest absolute Gasteiger partial charge is 0.222 e. The van der Waals surface area contributed by atoms with Crippen molar-refractivity contribution in [2.24, 2.45) is 11.7 Å². The third-order valence-corrected chi connectivity index (χ3v) is 2.78. The molecular formula is C12H26N2O2. The van der Waals surface area contributed by atoms with Crippen LogP contribution in [0.2, 0.25) is 0 Å². The van der Waals surface area contributed by atoms with Crippen LogP contribution in [0, 0.1) is 5.92 Å². The third kappa shape index (κ3) is 7.65. The van der Waals surface area contributed by atoms with Gasteiger partial charge in [-0.1, -0.05) is 6.92 Å². The predicted molar refractivity (Wildman–Crippen MR) is 66.2 cm³/mol. The van der Waals surface area contributed by atoms with Gasteiger partial charge in [-0.2, -0.15) is 0 Å². The van der Waals surface area contributed by atoms with Gasteiger partial charge in [0.05, 0.1) is 0 Å². The van der Waals surface area contributed by atoms with E-state index in [2.05, 4.69) is 6.92 Å². The number of carbonyl (C=O) groups is 1. The van der Waals surface area contributed by atoms with Gasteiger partial charge in [0.2, 0.25) is 5.91 Å². The summed E-state index contributed by atoms with van der Waals surface area (Å²) in [5, 5.41) is 0. The number of carbonyl (C=O) groups excluding carboxylic acids is 1. The molecule has 1 amide bonds. The Morgan fingerprint density at radius 3 is 2.69 bits per heavy atom. The fourth-order valence-corrected chi connectivity index (χ4v) is 1.56. The summed E-state index contributed by atoms with van der Waals surface area (Å²) in [5.74, 6) is 0.765. The van der Waals surface area contributed by atoms with E-state index in [1.165, 1.54) is 0 Å². The van der Waals surface area contributed by atoms with Gasteiger partial charge in [0.15, 0.2) is 0 Å². The quantitative estimate of drug-likeness (QED) is 0.606. The fourth-order valence-electron chi connectivity index (χ4n) is 1.56. The molecule has 0 bridgehead atoms. The van der Waals surface area contributed by atoms with E-state index in [1.807, 2.05) is 7.05 Å². The van der Waals surface area contributed by atoms with Crippen molar-refractivity contribution in [3.05, 3.63) is 0 Å². The molecule has 0 saturated heterocycles. The molecule has 2 N–H and O–H groups in total. The van der Waals surface area contributed by atoms with Crippen molar-refractivity contribution in [1.82, 2.24) is 4.90 Å². The van der Waals surface area contributed by atoms with Crippen LogP contribution < -0.4 is 5.73 Å². The van der Waals surface area contributed by atoms with E-state index in [-0.39, 0.29) is 5.91 Å². The summed E-state index contributed by atoms with van der Waals surface area (Å²) in [6.45, 7) is 4.34. The maximum Gasteiger partial charge on any atom is 0.222 e. The normalized spacial score (nSPS) is 12.5. The highest BCUT2D eigenvalue weighted by Gasteiger charge is 2.10. The van der Waals surface area contributed by atoms with Crippen molar-refractivity contribution in [1.29, 1.82) is 0 Å². The first-order chi connectivity index (χ1) is 7.61. The van der Waals surface area contributed by atoms with Crippen LogP contribution >= 0.6 is 0 Å². The predicted octanol–water partition coefficient (Wildman–Crippen LogP) is 1.25. The molecule has 0 aliphatic heterocycles. The van der Waals surface area contributed by atoms with Gasteiger partial charge in [-0.15, -0.1) is 0 Å². The van der Waals surface area contributed by atoms with Crippen molar-refractivity contribution in [3.63, 3.8) is 0 Å². The highest BCUT2D eigenvalue weighted by Crippen LogP contribution is 2.10. The van der Waals surface area contributed by atoms with Crippen LogP contribution in [0.15, 0.2) is 0 Å². The molecule has 1 atom stereocenters. The number of hydrogen-bond acceptors (Lipinski definition) is 3. The maximum atomic E-state index is 11.7. The summed E-state index contributed by atoms with van der Waals surface area (Å²) in [5.41, 5.74) is 5.47. The van der Waals surface area contributed by atoms with Crippen LogP contribution in [0.1, 0.15) is 32.6 Å². The van der Waals surface area contributed by atoms with Crippen LogP contribution in [0.25, 0.3) is 0 Å². The second-order valence-electron chi connectivity index (χ2n) is 4.38. The van der Waals surface area contributed by atoms with Crippen molar-refractivity contribution in [3.8, 4) is 0 Å². The molecule has 0 saturated carbocycles. The SMILES string of the molecule is COCCCN(C)C(=O)CCC(C)CCN. The molecule has 0 heterocycles. The van der Waals surface area contributed by atoms with Gasteiger partial charge in [-0.25, -0.2) is 0 Å². The first-order valence-electron chi connectivity index (χ1n) is 6.04. The zero-order valence-corrected chi connectivity index (χ0v) is 10.9. The summed E-state index contributed by atoms with van der Waals surface area (Å²) in [6.07, 6.45) is 3.47. The Balaban J connectivity index is 3.62. The van der Waals surface area contributed by atoms with Crippen LogP contribution in [0.3, 0.4) is 0 Å². The molecule has 96 valence electrons. The first-order valence-corrected chi connectivity index (χ1v) is 6.04. The van der Waals surface area contributed by atoms with Crippen LogP contribution in [-0.4, -0.2) is 44.7 Å². The number of amides is 1. The minimum atomic E-state index is 0.222. The number of hydrogen-bond donors (Lipinski definition) is 1. The minimum absolute atomic E-state index is 0.222. The Labute approximate surface area is 99.1 Å². The fraction of sp³-hybridized carbons (Fsp3) is 0.917. The molecule has 16 heavy (non-hydrogen) atoms. The van der Waals surface area contributed by atoms with Gasteiger partial charge in [0, 0.05) is 33.7 Å². The maximum absolute atomic E-state index is 11.7. The van der Waals surface area contributed by atoms with Crippen LogP contribution in [0.4, 0.5) is 0 Å². The Hall–Kier alpha value is -0.610. The molecule has 0 spiro atoms. The van der Waals surface area contributed by atoms with Gasteiger partial charge in [0.1, 0.15) is 0 Å². The van der Waals surface area contributed by atoms with Gasteiger partial charge in [0.25, 0.3) is 0 Å². The second-order valence-corrected chi connectivity index (χ2v) is 4.38. The molecule has 4 nitrogen and oxygen atoms in total. The molecule has 0 radical (unpaired) electrons. The van der Waals surface area contributed by atoms with E-state index < -0.39 is 0 Å². The van der Waals surface area contributed by atoms with Gasteiger partial charge in [-0.05, 0) is 31.7 Å². The Morgan fingerprint density at radius 2 is 2.12 bits per heavy atom. The molecule has 1 unspecified atom stereocenters. The lowest BCUT2D eigenvalue weighted by Gasteiger charge is -2.18. The molecule has 0 aromatic heterocycles. The molecule has 0 aliphatic rings. The zero-order valence-electron chi connectivity index (χ0n) is 10.9. The number of nitrogens with two attached hydrogens (primary N) is 1. The monoisotopic (exact) mass is 230 g/mol. The van der Waals surface area contributed by atoms with E-state index in [0.29, 0.717) is 25.5 Å². The van der Waals surface area contributed by atoms with E-state index in [4.69, 9.17) is 10.5 Å². The summed E-state index contributed by atoms with van der Waals surface area (Å²) in [4.78, 5) is 13.5. The summed E-state index contributed by atoms with van der Waals surface area (Å²) >= 11 is 0. The summed E-state index contributed by atoms with van der Waals surface area (Å²) < 4.78 is 4.95. The lowest BCUT2D eigenvalue weighted by molar-refractivity contribution is -0.130. The van der Waals surface area contributed by atoms with Crippen molar-refractivity contribution in [2.75, 3.05) is 33.9 Å². The average Bonchev–Trinajstić information content (AvgIpc) is 2.26. The third-order valence-electron chi connectivity index (χ3n) is 2.78. The van der Waals surface area contributed by atoms with Crippen LogP contribution in [0.5, 0.6) is 0 Å². The Morgan fingerprint density at radius 1 is 1.44 bits per heavy atom. The topological polar surface area (TPSA) is 55.6 Å². The van der Waals surface area contributed by atoms with Gasteiger partial charge < -0.3 is 15.4 Å². The van der Waals surface area contributed by atoms with Crippen molar-refractivity contribution in [2.45, 2.75) is 32.6 Å². The molecule has 4 heteroatoms. The van der Waals surface area contributed by atoms with E-state index >= 15 is 0 Å². The largest absolute Gasteiger partial charge is 0.385 e. The molecule has 0 aromatic carbocycles. The first kappa shape index (κ1) is 15.4. The Kier molecular flexibility index (Phi) is 9.24. The molecular weight excluding hydrogens is 204 g/mol. The number of methoxy groups -OCH3 is 1.